The normalized spacial score (nSPS) is 13.1. The first-order valence-electron chi connectivity index (χ1n) is 35.4. The zero-order valence-electron chi connectivity index (χ0n) is 54.3. The second-order valence-electron chi connectivity index (χ2n) is 25.6. The van der Waals surface area contributed by atoms with Gasteiger partial charge < -0.3 is 27.9 Å². The minimum absolute atomic E-state index is 0.0257. The molecule has 0 aliphatic heterocycles. The number of phosphoric ester groups is 1. The first kappa shape index (κ1) is 78.8. The second-order valence-corrected chi connectivity index (χ2v) is 27.0. The van der Waals surface area contributed by atoms with Crippen LogP contribution in [0.25, 0.3) is 0 Å². The summed E-state index contributed by atoms with van der Waals surface area (Å²) in [6.45, 7) is 4.33. The molecule has 0 fully saturated rings. The first-order chi connectivity index (χ1) is 39.0. The Hall–Kier alpha value is -1.25. The Kier molecular flexibility index (Phi) is 61.3. The van der Waals surface area contributed by atoms with Crippen molar-refractivity contribution in [3.63, 3.8) is 0 Å². The van der Waals surface area contributed by atoms with Crippen molar-refractivity contribution >= 4 is 19.8 Å². The maximum absolute atomic E-state index is 12.9. The first-order valence-corrected chi connectivity index (χ1v) is 36.9. The van der Waals surface area contributed by atoms with Crippen LogP contribution in [-0.4, -0.2) is 70.0 Å². The fourth-order valence-electron chi connectivity index (χ4n) is 10.8. The fourth-order valence-corrected chi connectivity index (χ4v) is 11.6. The van der Waals surface area contributed by atoms with Crippen LogP contribution in [0.1, 0.15) is 373 Å². The average Bonchev–Trinajstić information content (AvgIpc) is 3.42. The Morgan fingerprint density at radius 3 is 0.925 bits per heavy atom. The fraction of sp³-hybridized carbons (Fsp3) is 0.943. The number of likely N-dealkylation sites (N-methyl/N-ethyl adjacent to an activating group) is 1. The SMILES string of the molecule is CCCCCCCCCC/C=C\CCCCCCCCCCCCCCCCCCCCCCCC(=O)OC(COC(=O)CCCCCCCCCCCCCCCCCCCCCCCCC)COP(=O)([O-])OCC[N+](C)(C)C. The summed E-state index contributed by atoms with van der Waals surface area (Å²) in [6, 6.07) is 0. The summed E-state index contributed by atoms with van der Waals surface area (Å²) in [4.78, 5) is 38.0. The van der Waals surface area contributed by atoms with Crippen molar-refractivity contribution in [2.24, 2.45) is 0 Å². The molecule has 0 saturated heterocycles. The van der Waals surface area contributed by atoms with Gasteiger partial charge in [0.05, 0.1) is 27.7 Å². The largest absolute Gasteiger partial charge is 0.756 e. The lowest BCUT2D eigenvalue weighted by Gasteiger charge is -2.28. The monoisotopic (exact) mass is 1150 g/mol. The highest BCUT2D eigenvalue weighted by Gasteiger charge is 2.22. The maximum Gasteiger partial charge on any atom is 0.306 e. The van der Waals surface area contributed by atoms with E-state index in [0.29, 0.717) is 17.4 Å². The summed E-state index contributed by atoms with van der Waals surface area (Å²) >= 11 is 0. The molecule has 476 valence electrons. The molecule has 0 aromatic rings. The summed E-state index contributed by atoms with van der Waals surface area (Å²) in [6.07, 6.45) is 75.9. The van der Waals surface area contributed by atoms with Crippen LogP contribution in [0.3, 0.4) is 0 Å². The van der Waals surface area contributed by atoms with Gasteiger partial charge in [-0.25, -0.2) is 0 Å². The number of phosphoric acid groups is 1. The predicted octanol–water partition coefficient (Wildman–Crippen LogP) is 22.1. The predicted molar refractivity (Wildman–Crippen MR) is 342 cm³/mol. The molecule has 0 spiro atoms. The zero-order valence-corrected chi connectivity index (χ0v) is 55.2. The minimum Gasteiger partial charge on any atom is -0.756 e. The summed E-state index contributed by atoms with van der Waals surface area (Å²) in [5.41, 5.74) is 0. The van der Waals surface area contributed by atoms with E-state index in [-0.39, 0.29) is 32.0 Å². The molecule has 9 nitrogen and oxygen atoms in total. The number of carbonyl (C=O) groups excluding carboxylic acids is 2. The molecular formula is C70H138NO8P. The van der Waals surface area contributed by atoms with E-state index < -0.39 is 26.5 Å². The summed E-state index contributed by atoms with van der Waals surface area (Å²) < 4.78 is 34.3. The van der Waals surface area contributed by atoms with Crippen molar-refractivity contribution < 1.29 is 42.1 Å². The lowest BCUT2D eigenvalue weighted by atomic mass is 10.0. The Morgan fingerprint density at radius 1 is 0.375 bits per heavy atom. The van der Waals surface area contributed by atoms with E-state index in [2.05, 4.69) is 26.0 Å². The molecule has 0 bridgehead atoms. The van der Waals surface area contributed by atoms with Crippen LogP contribution in [-0.2, 0) is 32.7 Å². The number of hydrogen-bond acceptors (Lipinski definition) is 8. The van der Waals surface area contributed by atoms with Gasteiger partial charge in [0.1, 0.15) is 19.8 Å². The highest BCUT2D eigenvalue weighted by atomic mass is 31.2. The molecule has 0 aliphatic rings. The molecule has 0 amide bonds. The van der Waals surface area contributed by atoms with Gasteiger partial charge in [-0.1, -0.05) is 334 Å². The van der Waals surface area contributed by atoms with Gasteiger partial charge in [0, 0.05) is 12.8 Å². The summed E-state index contributed by atoms with van der Waals surface area (Å²) in [5, 5.41) is 0. The lowest BCUT2D eigenvalue weighted by Crippen LogP contribution is -2.37. The van der Waals surface area contributed by atoms with E-state index in [1.807, 2.05) is 21.1 Å². The van der Waals surface area contributed by atoms with Crippen molar-refractivity contribution in [2.75, 3.05) is 47.5 Å². The van der Waals surface area contributed by atoms with E-state index in [0.717, 1.165) is 32.1 Å². The topological polar surface area (TPSA) is 111 Å². The van der Waals surface area contributed by atoms with Crippen LogP contribution in [0.4, 0.5) is 0 Å². The average molecular weight is 1150 g/mol. The van der Waals surface area contributed by atoms with E-state index in [1.165, 1.54) is 308 Å². The highest BCUT2D eigenvalue weighted by Crippen LogP contribution is 2.38. The molecule has 0 heterocycles. The van der Waals surface area contributed by atoms with Crippen molar-refractivity contribution in [1.82, 2.24) is 0 Å². The second kappa shape index (κ2) is 62.3. The van der Waals surface area contributed by atoms with Crippen LogP contribution in [0.15, 0.2) is 12.2 Å². The van der Waals surface area contributed by atoms with Crippen molar-refractivity contribution in [1.29, 1.82) is 0 Å². The van der Waals surface area contributed by atoms with Gasteiger partial charge in [-0.15, -0.1) is 0 Å². The van der Waals surface area contributed by atoms with Crippen LogP contribution >= 0.6 is 7.82 Å². The number of allylic oxidation sites excluding steroid dienone is 2. The number of esters is 2. The van der Waals surface area contributed by atoms with E-state index in [1.54, 1.807) is 0 Å². The number of rotatable bonds is 67. The molecule has 10 heteroatoms. The standard InChI is InChI=1S/C70H138NO8P/c1-6-8-10-12-14-16-18-20-22-24-26-28-30-31-32-33-34-35-36-37-38-39-41-43-45-47-49-51-53-55-57-59-61-63-70(73)79-68(67-78-80(74,75)77-65-64-71(3,4)5)66-76-69(72)62-60-58-56-54-52-50-48-46-44-42-40-29-27-25-23-21-19-17-15-13-11-9-7-2/h24,26,68H,6-23,25,27-67H2,1-5H3/b26-24-. The van der Waals surface area contributed by atoms with Crippen LogP contribution in [0.5, 0.6) is 0 Å². The molecule has 2 atom stereocenters. The Labute approximate surface area is 498 Å². The third kappa shape index (κ3) is 65.9. The molecule has 0 N–H and O–H groups in total. The van der Waals surface area contributed by atoms with Gasteiger partial charge in [-0.05, 0) is 38.5 Å². The van der Waals surface area contributed by atoms with Gasteiger partial charge in [-0.3, -0.25) is 14.2 Å². The Bertz CT molecular complexity index is 1350. The molecule has 0 saturated carbocycles. The number of hydrogen-bond donors (Lipinski definition) is 0. The van der Waals surface area contributed by atoms with Crippen LogP contribution < -0.4 is 4.89 Å². The van der Waals surface area contributed by atoms with Gasteiger partial charge in [-0.2, -0.15) is 0 Å². The molecule has 0 aliphatic carbocycles. The maximum atomic E-state index is 12.9. The van der Waals surface area contributed by atoms with Crippen LogP contribution in [0.2, 0.25) is 0 Å². The number of unbranched alkanes of at least 4 members (excludes halogenated alkanes) is 51. The summed E-state index contributed by atoms with van der Waals surface area (Å²) in [5.74, 6) is -0.806. The number of nitrogens with zero attached hydrogens (tertiary/aromatic N) is 1. The number of quaternary nitrogens is 1. The molecule has 0 rings (SSSR count). The molecule has 80 heavy (non-hydrogen) atoms. The third-order valence-electron chi connectivity index (χ3n) is 16.3. The van der Waals surface area contributed by atoms with Crippen molar-refractivity contribution in [3.05, 3.63) is 12.2 Å². The van der Waals surface area contributed by atoms with E-state index >= 15 is 0 Å². The molecule has 2 unspecified atom stereocenters. The van der Waals surface area contributed by atoms with E-state index in [4.69, 9.17) is 18.5 Å². The van der Waals surface area contributed by atoms with E-state index in [9.17, 15) is 19.0 Å². The lowest BCUT2D eigenvalue weighted by molar-refractivity contribution is -0.870. The highest BCUT2D eigenvalue weighted by molar-refractivity contribution is 7.45. The van der Waals surface area contributed by atoms with Gasteiger partial charge >= 0.3 is 11.9 Å². The Morgan fingerprint density at radius 2 is 0.637 bits per heavy atom. The van der Waals surface area contributed by atoms with Crippen LogP contribution in [0, 0.1) is 0 Å². The quantitative estimate of drug-likeness (QED) is 0.0195. The summed E-state index contributed by atoms with van der Waals surface area (Å²) in [7, 11) is 1.19. The van der Waals surface area contributed by atoms with Crippen molar-refractivity contribution in [3.8, 4) is 0 Å². The van der Waals surface area contributed by atoms with Gasteiger partial charge in [0.15, 0.2) is 6.10 Å². The molecule has 0 aromatic carbocycles. The third-order valence-corrected chi connectivity index (χ3v) is 17.2. The molecule has 0 radical (unpaired) electrons. The van der Waals surface area contributed by atoms with Crippen molar-refractivity contribution in [2.45, 2.75) is 380 Å². The molecule has 0 aromatic heterocycles. The number of carbonyl (C=O) groups is 2. The zero-order chi connectivity index (χ0) is 58.4. The van der Waals surface area contributed by atoms with Gasteiger partial charge in [0.2, 0.25) is 0 Å². The molecular weight excluding hydrogens is 1010 g/mol. The number of ether oxygens (including phenoxy) is 2. The van der Waals surface area contributed by atoms with Gasteiger partial charge in [0.25, 0.3) is 7.82 Å². The minimum atomic E-state index is -4.63. The smallest absolute Gasteiger partial charge is 0.306 e. The Balaban J connectivity index is 3.96.